The standard InChI is InChI=1S/C22H26N4O3S/c1-24-21(29)26(20(28)22(24)11-5-2-6-12-22)14-18(27)25-13-7-9-16(25)19-23-15-8-3-4-10-17(15)30-19/h3-4,8,10,16H,2,5-7,9,11-14H2,1H3. The summed E-state index contributed by atoms with van der Waals surface area (Å²) in [5, 5.41) is 0.932. The molecule has 4 amide bonds. The van der Waals surface area contributed by atoms with E-state index in [1.54, 1.807) is 23.3 Å². The molecular formula is C22H26N4O3S. The van der Waals surface area contributed by atoms with E-state index in [2.05, 4.69) is 0 Å². The van der Waals surface area contributed by atoms with E-state index in [1.165, 1.54) is 4.90 Å². The van der Waals surface area contributed by atoms with Crippen LogP contribution >= 0.6 is 11.3 Å². The predicted molar refractivity (Wildman–Crippen MR) is 114 cm³/mol. The summed E-state index contributed by atoms with van der Waals surface area (Å²) in [5.41, 5.74) is 0.204. The number of hydrogen-bond donors (Lipinski definition) is 0. The normalized spacial score (nSPS) is 23.9. The van der Waals surface area contributed by atoms with Crippen LogP contribution in [-0.4, -0.2) is 63.2 Å². The SMILES string of the molecule is CN1C(=O)N(CC(=O)N2CCCC2c2nc3ccccc3s2)C(=O)C12CCCCC2. The van der Waals surface area contributed by atoms with Crippen LogP contribution in [0, 0.1) is 0 Å². The molecule has 30 heavy (non-hydrogen) atoms. The van der Waals surface area contributed by atoms with E-state index in [0.29, 0.717) is 19.4 Å². The van der Waals surface area contributed by atoms with E-state index in [-0.39, 0.29) is 30.4 Å². The Morgan fingerprint density at radius 1 is 1.17 bits per heavy atom. The number of amides is 4. The zero-order valence-corrected chi connectivity index (χ0v) is 18.0. The van der Waals surface area contributed by atoms with Gasteiger partial charge < -0.3 is 9.80 Å². The van der Waals surface area contributed by atoms with Crippen molar-refractivity contribution in [1.82, 2.24) is 19.7 Å². The number of hydrogen-bond acceptors (Lipinski definition) is 5. The molecule has 1 atom stereocenters. The van der Waals surface area contributed by atoms with Crippen molar-refractivity contribution in [2.75, 3.05) is 20.1 Å². The molecule has 3 heterocycles. The Labute approximate surface area is 179 Å². The molecule has 1 spiro atoms. The van der Waals surface area contributed by atoms with Crippen LogP contribution in [0.4, 0.5) is 4.79 Å². The van der Waals surface area contributed by atoms with Gasteiger partial charge in [0.15, 0.2) is 0 Å². The number of likely N-dealkylation sites (N-methyl/N-ethyl adjacent to an activating group) is 1. The molecule has 8 heteroatoms. The second-order valence-corrected chi connectivity index (χ2v) is 9.65. The minimum absolute atomic E-state index is 0.0796. The maximum Gasteiger partial charge on any atom is 0.327 e. The summed E-state index contributed by atoms with van der Waals surface area (Å²) in [7, 11) is 1.70. The van der Waals surface area contributed by atoms with Gasteiger partial charge in [0.1, 0.15) is 17.1 Å². The van der Waals surface area contributed by atoms with Crippen molar-refractivity contribution in [2.24, 2.45) is 0 Å². The lowest BCUT2D eigenvalue weighted by atomic mass is 9.81. The number of imide groups is 1. The first-order valence-electron chi connectivity index (χ1n) is 10.8. The molecule has 1 aliphatic carbocycles. The van der Waals surface area contributed by atoms with E-state index < -0.39 is 5.54 Å². The van der Waals surface area contributed by atoms with Crippen molar-refractivity contribution >= 4 is 39.4 Å². The number of benzene rings is 1. The van der Waals surface area contributed by atoms with Gasteiger partial charge in [0.05, 0.1) is 16.3 Å². The molecule has 1 aromatic carbocycles. The Morgan fingerprint density at radius 2 is 1.93 bits per heavy atom. The minimum atomic E-state index is -0.743. The first-order valence-corrected chi connectivity index (χ1v) is 11.6. The molecule has 2 aromatic rings. The molecular weight excluding hydrogens is 400 g/mol. The third-order valence-corrected chi connectivity index (χ3v) is 8.08. The lowest BCUT2D eigenvalue weighted by molar-refractivity contribution is -0.140. The average Bonchev–Trinajstić information content (AvgIpc) is 3.45. The number of carbonyl (C=O) groups is 3. The average molecular weight is 427 g/mol. The van der Waals surface area contributed by atoms with E-state index >= 15 is 0 Å². The number of aromatic nitrogens is 1. The largest absolute Gasteiger partial charge is 0.332 e. The summed E-state index contributed by atoms with van der Waals surface area (Å²) in [6.07, 6.45) is 6.12. The van der Waals surface area contributed by atoms with E-state index in [1.807, 2.05) is 29.2 Å². The van der Waals surface area contributed by atoms with E-state index in [9.17, 15) is 14.4 Å². The highest BCUT2D eigenvalue weighted by molar-refractivity contribution is 7.18. The molecule has 7 nitrogen and oxygen atoms in total. The smallest absolute Gasteiger partial charge is 0.327 e. The lowest BCUT2D eigenvalue weighted by Crippen LogP contribution is -2.49. The third-order valence-electron chi connectivity index (χ3n) is 6.95. The molecule has 3 fully saturated rings. The fourth-order valence-corrected chi connectivity index (χ4v) is 6.37. The minimum Gasteiger partial charge on any atom is -0.332 e. The fourth-order valence-electron chi connectivity index (χ4n) is 5.25. The van der Waals surface area contributed by atoms with Crippen LogP contribution in [0.25, 0.3) is 10.2 Å². The van der Waals surface area contributed by atoms with Crippen molar-refractivity contribution in [2.45, 2.75) is 56.5 Å². The van der Waals surface area contributed by atoms with Gasteiger partial charge in [-0.05, 0) is 37.8 Å². The van der Waals surface area contributed by atoms with Gasteiger partial charge in [-0.1, -0.05) is 31.4 Å². The van der Waals surface area contributed by atoms with Crippen LogP contribution in [0.15, 0.2) is 24.3 Å². The van der Waals surface area contributed by atoms with E-state index in [0.717, 1.165) is 47.3 Å². The van der Waals surface area contributed by atoms with Gasteiger partial charge in [-0.25, -0.2) is 9.78 Å². The molecule has 2 saturated heterocycles. The van der Waals surface area contributed by atoms with Crippen molar-refractivity contribution in [3.05, 3.63) is 29.3 Å². The molecule has 3 aliphatic rings. The third kappa shape index (κ3) is 2.92. The van der Waals surface area contributed by atoms with Crippen molar-refractivity contribution in [3.8, 4) is 0 Å². The molecule has 1 unspecified atom stereocenters. The summed E-state index contributed by atoms with van der Waals surface area (Å²) >= 11 is 1.62. The summed E-state index contributed by atoms with van der Waals surface area (Å²) in [6.45, 7) is 0.460. The fraction of sp³-hybridized carbons (Fsp3) is 0.545. The van der Waals surface area contributed by atoms with E-state index in [4.69, 9.17) is 4.98 Å². The van der Waals surface area contributed by atoms with Gasteiger partial charge in [0.25, 0.3) is 5.91 Å². The zero-order chi connectivity index (χ0) is 20.9. The number of para-hydroxylation sites is 1. The monoisotopic (exact) mass is 426 g/mol. The molecule has 0 N–H and O–H groups in total. The predicted octanol–water partition coefficient (Wildman–Crippen LogP) is 3.56. The highest BCUT2D eigenvalue weighted by atomic mass is 32.1. The molecule has 2 aliphatic heterocycles. The second-order valence-electron chi connectivity index (χ2n) is 8.59. The number of thiazole rings is 1. The van der Waals surface area contributed by atoms with Gasteiger partial charge in [-0.15, -0.1) is 11.3 Å². The molecule has 0 radical (unpaired) electrons. The van der Waals surface area contributed by atoms with Crippen molar-refractivity contribution in [3.63, 3.8) is 0 Å². The maximum absolute atomic E-state index is 13.2. The Kier molecular flexibility index (Phi) is 4.76. The number of likely N-dealkylation sites (tertiary alicyclic amines) is 1. The number of carbonyl (C=O) groups excluding carboxylic acids is 3. The van der Waals surface area contributed by atoms with Crippen LogP contribution in [0.2, 0.25) is 0 Å². The Hall–Kier alpha value is -2.48. The molecule has 0 bridgehead atoms. The zero-order valence-electron chi connectivity index (χ0n) is 17.2. The van der Waals surface area contributed by atoms with Crippen LogP contribution in [0.5, 0.6) is 0 Å². The van der Waals surface area contributed by atoms with Gasteiger partial charge in [0, 0.05) is 13.6 Å². The summed E-state index contributed by atoms with van der Waals surface area (Å²) < 4.78 is 1.11. The van der Waals surface area contributed by atoms with Crippen molar-refractivity contribution in [1.29, 1.82) is 0 Å². The number of rotatable bonds is 3. The highest BCUT2D eigenvalue weighted by Crippen LogP contribution is 2.40. The first-order chi connectivity index (χ1) is 14.5. The van der Waals surface area contributed by atoms with Gasteiger partial charge in [-0.3, -0.25) is 14.5 Å². The Morgan fingerprint density at radius 3 is 2.70 bits per heavy atom. The van der Waals surface area contributed by atoms with Gasteiger partial charge in [0.2, 0.25) is 5.91 Å². The first kappa shape index (κ1) is 19.5. The summed E-state index contributed by atoms with van der Waals surface area (Å²) in [6, 6.07) is 7.56. The van der Waals surface area contributed by atoms with Gasteiger partial charge in [-0.2, -0.15) is 0 Å². The van der Waals surface area contributed by atoms with Crippen LogP contribution in [-0.2, 0) is 9.59 Å². The van der Waals surface area contributed by atoms with Crippen LogP contribution in [0.3, 0.4) is 0 Å². The van der Waals surface area contributed by atoms with Crippen LogP contribution < -0.4 is 0 Å². The highest BCUT2D eigenvalue weighted by Gasteiger charge is 2.56. The molecule has 158 valence electrons. The topological polar surface area (TPSA) is 73.8 Å². The lowest BCUT2D eigenvalue weighted by Gasteiger charge is -2.35. The molecule has 5 rings (SSSR count). The second kappa shape index (κ2) is 7.34. The summed E-state index contributed by atoms with van der Waals surface area (Å²) in [5.74, 6) is -0.363. The Bertz CT molecular complexity index is 980. The van der Waals surface area contributed by atoms with Crippen LogP contribution in [0.1, 0.15) is 56.0 Å². The Balaban J connectivity index is 1.35. The van der Waals surface area contributed by atoms with Crippen molar-refractivity contribution < 1.29 is 14.4 Å². The quantitative estimate of drug-likeness (QED) is 0.704. The number of fused-ring (bicyclic) bond motifs is 1. The number of urea groups is 1. The number of nitrogens with zero attached hydrogens (tertiary/aromatic N) is 4. The van der Waals surface area contributed by atoms with Gasteiger partial charge >= 0.3 is 6.03 Å². The summed E-state index contributed by atoms with van der Waals surface area (Å²) in [4.78, 5) is 48.6. The molecule has 1 saturated carbocycles. The maximum atomic E-state index is 13.2. The molecule has 1 aromatic heterocycles.